The molecule has 0 saturated carbocycles. The van der Waals surface area contributed by atoms with Crippen molar-refractivity contribution in [3.63, 3.8) is 0 Å². The number of hydrogen-bond donors (Lipinski definition) is 0. The predicted molar refractivity (Wildman–Crippen MR) is 184 cm³/mol. The highest BCUT2D eigenvalue weighted by molar-refractivity contribution is 6.02. The van der Waals surface area contributed by atoms with E-state index in [1.54, 1.807) is 24.3 Å². The minimum Gasteiger partial charge on any atom is -0.461 e. The van der Waals surface area contributed by atoms with Gasteiger partial charge in [0.05, 0.1) is 22.5 Å². The molecule has 4 aromatic rings. The van der Waals surface area contributed by atoms with Gasteiger partial charge < -0.3 is 14.5 Å². The fourth-order valence-corrected chi connectivity index (χ4v) is 8.13. The summed E-state index contributed by atoms with van der Waals surface area (Å²) in [6.07, 6.45) is 10.5. The topological polar surface area (TPSA) is 74.7 Å². The molecule has 3 fully saturated rings. The van der Waals surface area contributed by atoms with E-state index in [1.807, 2.05) is 16.8 Å². The Kier molecular flexibility index (Phi) is 8.26. The van der Waals surface area contributed by atoms with E-state index in [-0.39, 0.29) is 46.8 Å². The zero-order valence-corrected chi connectivity index (χ0v) is 28.0. The minimum absolute atomic E-state index is 0.0161. The van der Waals surface area contributed by atoms with Crippen LogP contribution in [0.25, 0.3) is 32.9 Å². The Morgan fingerprint density at radius 3 is 2.80 bits per heavy atom. The lowest BCUT2D eigenvalue weighted by molar-refractivity contribution is -0.127. The summed E-state index contributed by atoms with van der Waals surface area (Å²) in [5.41, 5.74) is -0.415. The molecule has 0 bridgehead atoms. The van der Waals surface area contributed by atoms with Gasteiger partial charge in [-0.2, -0.15) is 9.97 Å². The normalized spacial score (nSPS) is 23.2. The van der Waals surface area contributed by atoms with Gasteiger partial charge in [0.1, 0.15) is 35.6 Å². The van der Waals surface area contributed by atoms with Gasteiger partial charge in [0, 0.05) is 50.2 Å². The zero-order chi connectivity index (χ0) is 34.7. The maximum Gasteiger partial charge on any atom is 0.319 e. The highest BCUT2D eigenvalue weighted by atomic mass is 19.1. The summed E-state index contributed by atoms with van der Waals surface area (Å²) in [7, 11) is 1.83. The van der Waals surface area contributed by atoms with Crippen molar-refractivity contribution in [1.29, 1.82) is 0 Å². The Morgan fingerprint density at radius 2 is 2.02 bits per heavy atom. The quantitative estimate of drug-likeness (QED) is 0.161. The molecule has 5 heterocycles. The Balaban J connectivity index is 1.35. The van der Waals surface area contributed by atoms with E-state index in [2.05, 4.69) is 41.2 Å². The van der Waals surface area contributed by atoms with Gasteiger partial charge in [-0.1, -0.05) is 50.6 Å². The number of carbonyl (C=O) groups is 1. The third-order valence-electron chi connectivity index (χ3n) is 10.8. The number of benzene rings is 2. The van der Waals surface area contributed by atoms with Crippen LogP contribution in [-0.4, -0.2) is 88.2 Å². The van der Waals surface area contributed by atoms with Crippen LogP contribution in [0.2, 0.25) is 0 Å². The number of halogens is 3. The van der Waals surface area contributed by atoms with Gasteiger partial charge in [0.15, 0.2) is 5.82 Å². The summed E-state index contributed by atoms with van der Waals surface area (Å²) < 4.78 is 52.6. The minimum atomic E-state index is -0.941. The van der Waals surface area contributed by atoms with Crippen LogP contribution in [0.1, 0.15) is 45.1 Å². The van der Waals surface area contributed by atoms with E-state index in [9.17, 15) is 13.6 Å². The van der Waals surface area contributed by atoms with E-state index in [1.165, 1.54) is 18.3 Å². The van der Waals surface area contributed by atoms with E-state index in [0.717, 1.165) is 25.8 Å². The molecule has 0 spiro atoms. The van der Waals surface area contributed by atoms with Crippen LogP contribution < -0.4 is 9.64 Å². The van der Waals surface area contributed by atoms with E-state index in [4.69, 9.17) is 16.1 Å². The Labute approximate surface area is 284 Å². The van der Waals surface area contributed by atoms with Crippen molar-refractivity contribution in [2.24, 2.45) is 5.41 Å². The molecule has 1 amide bonds. The molecule has 7 rings (SSSR count). The first-order valence-corrected chi connectivity index (χ1v) is 16.7. The number of anilines is 1. The third-order valence-corrected chi connectivity index (χ3v) is 10.8. The Bertz CT molecular complexity index is 2030. The molecule has 3 atom stereocenters. The van der Waals surface area contributed by atoms with Crippen molar-refractivity contribution in [2.75, 3.05) is 44.7 Å². The summed E-state index contributed by atoms with van der Waals surface area (Å²) in [6, 6.07) is 7.82. The second kappa shape index (κ2) is 12.3. The van der Waals surface area contributed by atoms with Gasteiger partial charge in [-0.15, -0.1) is 6.42 Å². The number of ether oxygens (including phenoxy) is 1. The van der Waals surface area contributed by atoms with Crippen LogP contribution in [0.3, 0.4) is 0 Å². The van der Waals surface area contributed by atoms with Gasteiger partial charge in [-0.05, 0) is 48.8 Å². The molecule has 49 heavy (non-hydrogen) atoms. The molecule has 0 unspecified atom stereocenters. The molecular formula is C38H39F3N6O2. The number of hydrogen-bond acceptors (Lipinski definition) is 7. The number of alkyl halides is 1. The van der Waals surface area contributed by atoms with Crippen LogP contribution in [0, 0.1) is 29.4 Å². The summed E-state index contributed by atoms with van der Waals surface area (Å²) in [5.74, 6) is 1.30. The highest BCUT2D eigenvalue weighted by Gasteiger charge is 2.49. The van der Waals surface area contributed by atoms with Crippen LogP contribution in [0.4, 0.5) is 19.0 Å². The SMILES string of the molecule is C#Cc1c(F)ccc2cccc(-c3ncc4c(N(C)C[C@H]5N(C(=O)C=C)CCC5(C)C)nc(OC[C@@]56CCCN5C[C@H](F)C6)nc4c3F)c12. The van der Waals surface area contributed by atoms with Crippen molar-refractivity contribution < 1.29 is 22.7 Å². The number of likely N-dealkylation sites (N-methyl/N-ethyl adjacent to an activating group) is 1. The number of nitrogens with zero attached hydrogens (tertiary/aromatic N) is 6. The maximum absolute atomic E-state index is 16.9. The number of fused-ring (bicyclic) bond motifs is 3. The molecule has 2 aromatic carbocycles. The average Bonchev–Trinajstić information content (AvgIpc) is 3.71. The van der Waals surface area contributed by atoms with Crippen molar-refractivity contribution in [1.82, 2.24) is 24.8 Å². The Morgan fingerprint density at radius 1 is 1.20 bits per heavy atom. The Hall–Kier alpha value is -4.69. The van der Waals surface area contributed by atoms with Gasteiger partial charge in [0.25, 0.3) is 0 Å². The number of rotatable bonds is 8. The van der Waals surface area contributed by atoms with Crippen LogP contribution in [0.5, 0.6) is 6.01 Å². The highest BCUT2D eigenvalue weighted by Crippen LogP contribution is 2.42. The number of amides is 1. The van der Waals surface area contributed by atoms with Crippen molar-refractivity contribution in [3.05, 3.63) is 66.4 Å². The molecular weight excluding hydrogens is 629 g/mol. The summed E-state index contributed by atoms with van der Waals surface area (Å²) in [5, 5.41) is 1.35. The smallest absolute Gasteiger partial charge is 0.319 e. The second-order valence-electron chi connectivity index (χ2n) is 14.2. The molecule has 0 radical (unpaired) electrons. The van der Waals surface area contributed by atoms with Crippen molar-refractivity contribution >= 4 is 33.4 Å². The monoisotopic (exact) mass is 668 g/mol. The van der Waals surface area contributed by atoms with Gasteiger partial charge >= 0.3 is 6.01 Å². The molecule has 0 aliphatic carbocycles. The van der Waals surface area contributed by atoms with E-state index >= 15 is 4.39 Å². The van der Waals surface area contributed by atoms with Gasteiger partial charge in [-0.25, -0.2) is 13.2 Å². The molecule has 8 nitrogen and oxygen atoms in total. The lowest BCUT2D eigenvalue weighted by atomic mass is 9.84. The van der Waals surface area contributed by atoms with Crippen molar-refractivity contribution in [3.8, 4) is 29.6 Å². The van der Waals surface area contributed by atoms with Crippen LogP contribution in [-0.2, 0) is 4.79 Å². The molecule has 254 valence electrons. The average molecular weight is 669 g/mol. The molecule has 0 N–H and O–H groups in total. The number of pyridine rings is 1. The molecule has 3 aliphatic heterocycles. The first-order valence-electron chi connectivity index (χ1n) is 16.7. The third kappa shape index (κ3) is 5.56. The lowest BCUT2D eigenvalue weighted by Crippen LogP contribution is -2.47. The number of aromatic nitrogens is 3. The second-order valence-corrected chi connectivity index (χ2v) is 14.2. The predicted octanol–water partition coefficient (Wildman–Crippen LogP) is 6.31. The fourth-order valence-electron chi connectivity index (χ4n) is 8.13. The molecule has 3 saturated heterocycles. The first kappa shape index (κ1) is 32.8. The number of likely N-dealkylation sites (tertiary alicyclic amines) is 1. The lowest BCUT2D eigenvalue weighted by Gasteiger charge is -2.36. The summed E-state index contributed by atoms with van der Waals surface area (Å²) in [6.45, 7) is 10.2. The summed E-state index contributed by atoms with van der Waals surface area (Å²) in [4.78, 5) is 32.5. The van der Waals surface area contributed by atoms with E-state index < -0.39 is 23.3 Å². The summed E-state index contributed by atoms with van der Waals surface area (Å²) >= 11 is 0. The van der Waals surface area contributed by atoms with E-state index in [0.29, 0.717) is 53.6 Å². The number of carbonyl (C=O) groups excluding carboxylic acids is 1. The molecule has 3 aliphatic rings. The fraction of sp³-hybridized carbons (Fsp3) is 0.421. The molecule has 11 heteroatoms. The standard InChI is InChI=1S/C38H39F3N6O2/c1-6-25-28(40)13-12-23-10-8-11-26(31(23)25)33-32(41)34-27(19-42-33)35(45(5)21-29-37(3,4)15-17-47(29)30(48)7-2)44-36(43-34)49-22-38-14-9-16-46(38)20-24(39)18-38/h1,7-8,10-13,19,24,29H,2,9,14-18,20-22H2,3-5H3/t24-,29-,38+/m1/s1. The number of terminal acetylenes is 1. The van der Waals surface area contributed by atoms with Crippen LogP contribution >= 0.6 is 0 Å². The zero-order valence-electron chi connectivity index (χ0n) is 28.0. The van der Waals surface area contributed by atoms with Gasteiger partial charge in [0.2, 0.25) is 5.91 Å². The molecule has 2 aromatic heterocycles. The first-order chi connectivity index (χ1) is 23.5. The largest absolute Gasteiger partial charge is 0.461 e. The maximum atomic E-state index is 16.9. The van der Waals surface area contributed by atoms with Crippen molar-refractivity contribution in [2.45, 2.75) is 57.3 Å². The van der Waals surface area contributed by atoms with Gasteiger partial charge in [-0.3, -0.25) is 14.7 Å². The van der Waals surface area contributed by atoms with Crippen LogP contribution in [0.15, 0.2) is 49.2 Å².